The maximum atomic E-state index is 12.0. The Kier molecular flexibility index (Phi) is 3.34. The lowest BCUT2D eigenvalue weighted by molar-refractivity contribution is -0.320. The molecule has 0 unspecified atom stereocenters. The van der Waals surface area contributed by atoms with Crippen molar-refractivity contribution in [2.24, 2.45) is 0 Å². The lowest BCUT2D eigenvalue weighted by atomic mass is 10.1. The minimum atomic E-state index is -6.46. The van der Waals surface area contributed by atoms with E-state index in [1.165, 1.54) is 0 Å². The summed E-state index contributed by atoms with van der Waals surface area (Å²) >= 11 is 0. The Hall–Kier alpha value is -0.630. The molecular weight excluding hydrogens is 231 g/mol. The molecule has 0 saturated carbocycles. The predicted octanol–water partition coefficient (Wildman–Crippen LogP) is 3.29. The van der Waals surface area contributed by atoms with Crippen LogP contribution in [0.4, 0.5) is 39.5 Å². The molecule has 0 saturated heterocycles. The van der Waals surface area contributed by atoms with E-state index in [1.54, 1.807) is 0 Å². The van der Waals surface area contributed by atoms with Crippen molar-refractivity contribution in [1.82, 2.24) is 0 Å². The van der Waals surface area contributed by atoms with Gasteiger partial charge in [0.15, 0.2) is 6.67 Å². The lowest BCUT2D eigenvalue weighted by Crippen LogP contribution is -2.56. The van der Waals surface area contributed by atoms with E-state index in [4.69, 9.17) is 0 Å². The Morgan fingerprint density at radius 3 is 1.43 bits per heavy atom. The van der Waals surface area contributed by atoms with E-state index in [1.807, 2.05) is 0 Å². The zero-order valence-corrected chi connectivity index (χ0v) is 6.11. The molecule has 0 amide bonds. The Bertz CT molecular complexity index is 195. The van der Waals surface area contributed by atoms with Crippen molar-refractivity contribution in [3.05, 3.63) is 6.43 Å². The summed E-state index contributed by atoms with van der Waals surface area (Å²) in [5.74, 6) is -18.7. The summed E-state index contributed by atoms with van der Waals surface area (Å²) in [6, 6.07) is 0. The molecule has 0 aromatic heterocycles. The molecule has 0 rings (SSSR count). The molecule has 85 valence electrons. The van der Waals surface area contributed by atoms with Gasteiger partial charge < -0.3 is 0 Å². The van der Waals surface area contributed by atoms with Crippen LogP contribution in [0.25, 0.3) is 0 Å². The van der Waals surface area contributed by atoms with E-state index in [9.17, 15) is 39.5 Å². The van der Waals surface area contributed by atoms with Gasteiger partial charge >= 0.3 is 24.2 Å². The van der Waals surface area contributed by atoms with E-state index >= 15 is 0 Å². The molecule has 0 spiro atoms. The van der Waals surface area contributed by atoms with Gasteiger partial charge in [0.1, 0.15) is 0 Å². The van der Waals surface area contributed by atoms with Crippen LogP contribution < -0.4 is 0 Å². The zero-order chi connectivity index (χ0) is 11.8. The fourth-order valence-electron chi connectivity index (χ4n) is 0.432. The van der Waals surface area contributed by atoms with Gasteiger partial charge in [-0.15, -0.1) is 0 Å². The third kappa shape index (κ3) is 1.76. The molecule has 0 N–H and O–H groups in total. The molecule has 9 heteroatoms. The molecule has 0 aliphatic heterocycles. The quantitative estimate of drug-likeness (QED) is 0.653. The first-order valence-corrected chi connectivity index (χ1v) is 2.88. The van der Waals surface area contributed by atoms with Crippen molar-refractivity contribution in [2.45, 2.75) is 17.8 Å². The maximum Gasteiger partial charge on any atom is 0.385 e. The zero-order valence-electron chi connectivity index (χ0n) is 6.11. The van der Waals surface area contributed by atoms with Gasteiger partial charge in [-0.05, 0) is 0 Å². The van der Waals surface area contributed by atoms with Gasteiger partial charge in [0.2, 0.25) is 0 Å². The standard InChI is InChI=1S/C5H2F9/c6-1-3(9,10)5(13,14)4(11,12)2(7)8/h1H2. The second-order valence-electron chi connectivity index (χ2n) is 2.25. The molecule has 0 aromatic carbocycles. The van der Waals surface area contributed by atoms with Gasteiger partial charge in [-0.25, -0.2) is 4.39 Å². The minimum absolute atomic E-state index is 3.16. The first kappa shape index (κ1) is 13.4. The van der Waals surface area contributed by atoms with Crippen molar-refractivity contribution in [3.8, 4) is 0 Å². The molecule has 0 fully saturated rings. The number of hydrogen-bond acceptors (Lipinski definition) is 0. The molecule has 0 aliphatic carbocycles. The fourth-order valence-corrected chi connectivity index (χ4v) is 0.432. The molecule has 0 bridgehead atoms. The smallest absolute Gasteiger partial charge is 0.244 e. The minimum Gasteiger partial charge on any atom is -0.244 e. The number of halogens is 9. The molecule has 1 radical (unpaired) electrons. The Balaban J connectivity index is 5.14. The summed E-state index contributed by atoms with van der Waals surface area (Å²) in [6.07, 6.45) is -4.20. The summed E-state index contributed by atoms with van der Waals surface area (Å²) in [5, 5.41) is 0. The molecule has 0 aliphatic rings. The van der Waals surface area contributed by atoms with Crippen LogP contribution in [0, 0.1) is 6.43 Å². The predicted molar refractivity (Wildman–Crippen MR) is 26.3 cm³/mol. The molecular formula is C5H2F9. The fraction of sp³-hybridized carbons (Fsp3) is 0.800. The highest BCUT2D eigenvalue weighted by Gasteiger charge is 2.76. The van der Waals surface area contributed by atoms with Gasteiger partial charge in [0.05, 0.1) is 0 Å². The van der Waals surface area contributed by atoms with Crippen molar-refractivity contribution in [3.63, 3.8) is 0 Å². The van der Waals surface area contributed by atoms with Crippen LogP contribution >= 0.6 is 0 Å². The number of hydrogen-bond donors (Lipinski definition) is 0. The highest BCUT2D eigenvalue weighted by atomic mass is 19.4. The summed E-state index contributed by atoms with van der Waals surface area (Å²) in [6.45, 7) is -3.16. The van der Waals surface area contributed by atoms with Crippen LogP contribution in [0.5, 0.6) is 0 Å². The Morgan fingerprint density at radius 2 is 1.21 bits per heavy atom. The highest BCUT2D eigenvalue weighted by Crippen LogP contribution is 2.50. The second kappa shape index (κ2) is 3.50. The SMILES string of the molecule is FCC(F)(F)C(F)(F)C(F)(F)[C](F)F. The average molecular weight is 233 g/mol. The van der Waals surface area contributed by atoms with Crippen molar-refractivity contribution in [2.75, 3.05) is 6.67 Å². The van der Waals surface area contributed by atoms with Crippen LogP contribution in [-0.4, -0.2) is 24.4 Å². The van der Waals surface area contributed by atoms with Gasteiger partial charge in [0.25, 0.3) is 0 Å². The summed E-state index contributed by atoms with van der Waals surface area (Å²) in [7, 11) is 0. The van der Waals surface area contributed by atoms with Gasteiger partial charge in [-0.3, -0.25) is 0 Å². The summed E-state index contributed by atoms with van der Waals surface area (Å²) in [4.78, 5) is 0. The van der Waals surface area contributed by atoms with Crippen LogP contribution in [-0.2, 0) is 0 Å². The van der Waals surface area contributed by atoms with Crippen molar-refractivity contribution < 1.29 is 39.5 Å². The maximum absolute atomic E-state index is 12.0. The van der Waals surface area contributed by atoms with Crippen molar-refractivity contribution in [1.29, 1.82) is 0 Å². The second-order valence-corrected chi connectivity index (χ2v) is 2.25. The van der Waals surface area contributed by atoms with Gasteiger partial charge in [-0.1, -0.05) is 0 Å². The topological polar surface area (TPSA) is 0 Å². The molecule has 0 heterocycles. The Morgan fingerprint density at radius 1 is 0.857 bits per heavy atom. The number of alkyl halides is 7. The largest absolute Gasteiger partial charge is 0.385 e. The normalized spacial score (nSPS) is 15.0. The first-order valence-electron chi connectivity index (χ1n) is 2.88. The number of rotatable bonds is 4. The van der Waals surface area contributed by atoms with Crippen LogP contribution in [0.2, 0.25) is 0 Å². The highest BCUT2D eigenvalue weighted by molar-refractivity contribution is 5.03. The summed E-state index contributed by atoms with van der Waals surface area (Å²) in [5.41, 5.74) is 0. The van der Waals surface area contributed by atoms with E-state index in [0.29, 0.717) is 0 Å². The van der Waals surface area contributed by atoms with Crippen LogP contribution in [0.3, 0.4) is 0 Å². The first-order chi connectivity index (χ1) is 6.00. The van der Waals surface area contributed by atoms with E-state index in [2.05, 4.69) is 0 Å². The summed E-state index contributed by atoms with van der Waals surface area (Å²) < 4.78 is 105. The van der Waals surface area contributed by atoms with Crippen LogP contribution in [0.15, 0.2) is 0 Å². The van der Waals surface area contributed by atoms with Crippen molar-refractivity contribution >= 4 is 0 Å². The third-order valence-electron chi connectivity index (χ3n) is 1.26. The van der Waals surface area contributed by atoms with Gasteiger partial charge in [0, 0.05) is 0 Å². The van der Waals surface area contributed by atoms with E-state index in [0.717, 1.165) is 0 Å². The van der Waals surface area contributed by atoms with E-state index in [-0.39, 0.29) is 0 Å². The average Bonchev–Trinajstić information content (AvgIpc) is 2.03. The Labute approximate surface area is 71.7 Å². The molecule has 0 atom stereocenters. The van der Waals surface area contributed by atoms with E-state index < -0.39 is 30.9 Å². The lowest BCUT2D eigenvalue weighted by Gasteiger charge is -2.29. The monoisotopic (exact) mass is 233 g/mol. The van der Waals surface area contributed by atoms with Gasteiger partial charge in [-0.2, -0.15) is 35.1 Å². The third-order valence-corrected chi connectivity index (χ3v) is 1.26. The molecule has 14 heavy (non-hydrogen) atoms. The van der Waals surface area contributed by atoms with Crippen LogP contribution in [0.1, 0.15) is 0 Å². The molecule has 0 nitrogen and oxygen atoms in total. The molecule has 0 aromatic rings.